The number of amides is 4. The van der Waals surface area contributed by atoms with Crippen LogP contribution in [0, 0.1) is 11.3 Å². The van der Waals surface area contributed by atoms with Gasteiger partial charge in [0, 0.05) is 55.2 Å². The van der Waals surface area contributed by atoms with Crippen molar-refractivity contribution in [1.82, 2.24) is 14.8 Å². The van der Waals surface area contributed by atoms with Crippen molar-refractivity contribution in [1.29, 1.82) is 0 Å². The molecule has 0 spiro atoms. The summed E-state index contributed by atoms with van der Waals surface area (Å²) in [6.07, 6.45) is 2.04. The topological polar surface area (TPSA) is 91.7 Å². The Balaban J connectivity index is 1.36. The fraction of sp³-hybridized carbons (Fsp3) is 0.379. The Labute approximate surface area is 224 Å². The molecule has 3 aliphatic heterocycles. The number of urea groups is 1. The molecule has 196 valence electrons. The largest absolute Gasteiger partial charge is 0.335 e. The summed E-state index contributed by atoms with van der Waals surface area (Å²) in [5.41, 5.74) is 1.13. The first kappa shape index (κ1) is 24.8. The molecule has 1 unspecified atom stereocenters. The molecule has 0 saturated carbocycles. The van der Waals surface area contributed by atoms with Crippen LogP contribution >= 0.6 is 11.3 Å². The summed E-state index contributed by atoms with van der Waals surface area (Å²) >= 11 is 1.50. The number of barbiturate groups is 1. The Hall–Kier alpha value is -3.56. The van der Waals surface area contributed by atoms with Crippen molar-refractivity contribution < 1.29 is 14.4 Å². The minimum absolute atomic E-state index is 0.0184. The van der Waals surface area contributed by atoms with Crippen LogP contribution in [0.4, 0.5) is 10.5 Å². The lowest BCUT2D eigenvalue weighted by molar-refractivity contribution is -0.144. The average molecular weight is 531 g/mol. The monoisotopic (exact) mass is 530 g/mol. The van der Waals surface area contributed by atoms with Crippen molar-refractivity contribution in [3.05, 3.63) is 86.5 Å². The third kappa shape index (κ3) is 4.19. The summed E-state index contributed by atoms with van der Waals surface area (Å²) in [5, 5.41) is 4.44. The van der Waals surface area contributed by atoms with Crippen molar-refractivity contribution >= 4 is 34.9 Å². The van der Waals surface area contributed by atoms with Gasteiger partial charge in [0.25, 0.3) is 11.5 Å². The fourth-order valence-corrected chi connectivity index (χ4v) is 7.18. The second kappa shape index (κ2) is 9.63. The lowest BCUT2D eigenvalue weighted by Crippen LogP contribution is -2.68. The van der Waals surface area contributed by atoms with Crippen LogP contribution in [0.1, 0.15) is 35.4 Å². The third-order valence-corrected chi connectivity index (χ3v) is 9.05. The number of piperidine rings is 1. The van der Waals surface area contributed by atoms with E-state index in [1.807, 2.05) is 47.2 Å². The van der Waals surface area contributed by atoms with E-state index >= 15 is 0 Å². The first-order chi connectivity index (χ1) is 18.4. The van der Waals surface area contributed by atoms with Crippen molar-refractivity contribution in [2.24, 2.45) is 11.3 Å². The SMILES string of the molecule is CCc1ccc(N2C(=O)NC(=O)C(Cc3cccs3)(CN3C[C@H]4C[C@H](C3)c3cccc(=O)n3C4)C2=O)cc1. The van der Waals surface area contributed by atoms with Crippen LogP contribution in [0.15, 0.2) is 64.8 Å². The summed E-state index contributed by atoms with van der Waals surface area (Å²) in [6, 6.07) is 15.9. The number of carbonyl (C=O) groups excluding carboxylic acids is 3. The molecule has 0 aliphatic carbocycles. The number of nitrogens with one attached hydrogen (secondary N) is 1. The second-order valence-corrected chi connectivity index (χ2v) is 11.7. The molecule has 6 rings (SSSR count). The van der Waals surface area contributed by atoms with Gasteiger partial charge in [0.15, 0.2) is 0 Å². The van der Waals surface area contributed by atoms with Gasteiger partial charge in [-0.05, 0) is 54.0 Å². The number of benzene rings is 1. The standard InChI is InChI=1S/C29H30N4O4S/c1-2-19-8-10-22(11-9-19)33-27(36)29(26(35)30-28(33)37,14-23-5-4-12-38-23)18-31-15-20-13-21(17-31)24-6-3-7-25(34)32(24)16-20/h3-12,20-21H,2,13-18H2,1H3,(H,30,35,37)/t20-,21-,29?/m1/s1. The van der Waals surface area contributed by atoms with E-state index in [4.69, 9.17) is 0 Å². The molecule has 2 bridgehead atoms. The number of anilines is 1. The summed E-state index contributed by atoms with van der Waals surface area (Å²) in [6.45, 7) is 4.21. The van der Waals surface area contributed by atoms with Gasteiger partial charge in [-0.25, -0.2) is 9.69 Å². The minimum Gasteiger partial charge on any atom is -0.312 e. The molecule has 3 aliphatic rings. The highest BCUT2D eigenvalue weighted by Crippen LogP contribution is 2.39. The van der Waals surface area contributed by atoms with Crippen LogP contribution in [0.25, 0.3) is 0 Å². The zero-order chi connectivity index (χ0) is 26.4. The van der Waals surface area contributed by atoms with Crippen LogP contribution in [0.3, 0.4) is 0 Å². The highest BCUT2D eigenvalue weighted by Gasteiger charge is 2.56. The van der Waals surface area contributed by atoms with Gasteiger partial charge in [-0.15, -0.1) is 11.3 Å². The van der Waals surface area contributed by atoms with Crippen LogP contribution in [-0.2, 0) is 29.0 Å². The molecule has 2 saturated heterocycles. The summed E-state index contributed by atoms with van der Waals surface area (Å²) in [7, 11) is 0. The van der Waals surface area contributed by atoms with Gasteiger partial charge in [0.05, 0.1) is 5.69 Å². The number of thiophene rings is 1. The van der Waals surface area contributed by atoms with Gasteiger partial charge in [0.1, 0.15) is 5.41 Å². The van der Waals surface area contributed by atoms with Crippen molar-refractivity contribution in [2.75, 3.05) is 24.5 Å². The Bertz CT molecular complexity index is 1450. The maximum atomic E-state index is 14.3. The van der Waals surface area contributed by atoms with Gasteiger partial charge in [-0.3, -0.25) is 19.7 Å². The lowest BCUT2D eigenvalue weighted by atomic mass is 9.76. The molecule has 3 aromatic rings. The molecule has 38 heavy (non-hydrogen) atoms. The normalized spacial score (nSPS) is 25.3. The number of imide groups is 2. The van der Waals surface area contributed by atoms with E-state index in [1.165, 1.54) is 11.3 Å². The first-order valence-corrected chi connectivity index (χ1v) is 14.0. The van der Waals surface area contributed by atoms with E-state index in [0.29, 0.717) is 25.3 Å². The van der Waals surface area contributed by atoms with Crippen LogP contribution in [-0.4, -0.2) is 46.9 Å². The van der Waals surface area contributed by atoms with Gasteiger partial charge >= 0.3 is 6.03 Å². The van der Waals surface area contributed by atoms with E-state index < -0.39 is 23.3 Å². The third-order valence-electron chi connectivity index (χ3n) is 8.18. The number of fused-ring (bicyclic) bond motifs is 4. The van der Waals surface area contributed by atoms with Crippen LogP contribution < -0.4 is 15.8 Å². The smallest absolute Gasteiger partial charge is 0.312 e. The van der Waals surface area contributed by atoms with Crippen LogP contribution in [0.2, 0.25) is 0 Å². The van der Waals surface area contributed by atoms with E-state index in [-0.39, 0.29) is 30.4 Å². The molecule has 9 heteroatoms. The number of rotatable bonds is 6. The maximum absolute atomic E-state index is 14.3. The van der Waals surface area contributed by atoms with Crippen molar-refractivity contribution in [3.63, 3.8) is 0 Å². The lowest BCUT2D eigenvalue weighted by Gasteiger charge is -2.47. The Morgan fingerprint density at radius 1 is 0.974 bits per heavy atom. The second-order valence-electron chi connectivity index (χ2n) is 10.7. The molecule has 8 nitrogen and oxygen atoms in total. The van der Waals surface area contributed by atoms with E-state index in [0.717, 1.165) is 33.9 Å². The highest BCUT2D eigenvalue weighted by molar-refractivity contribution is 7.09. The Morgan fingerprint density at radius 3 is 2.53 bits per heavy atom. The summed E-state index contributed by atoms with van der Waals surface area (Å²) in [5.74, 6) is -0.636. The van der Waals surface area contributed by atoms with E-state index in [9.17, 15) is 19.2 Å². The zero-order valence-electron chi connectivity index (χ0n) is 21.3. The number of carbonyl (C=O) groups is 3. The van der Waals surface area contributed by atoms with Crippen molar-refractivity contribution in [2.45, 2.75) is 38.6 Å². The van der Waals surface area contributed by atoms with E-state index in [2.05, 4.69) is 10.2 Å². The van der Waals surface area contributed by atoms with Crippen molar-refractivity contribution in [3.8, 4) is 0 Å². The molecule has 0 radical (unpaired) electrons. The number of likely N-dealkylation sites (tertiary alicyclic amines) is 1. The molecular formula is C29H30N4O4S. The number of aryl methyl sites for hydroxylation is 1. The number of nitrogens with zero attached hydrogens (tertiary/aromatic N) is 3. The van der Waals surface area contributed by atoms with E-state index in [1.54, 1.807) is 24.3 Å². The van der Waals surface area contributed by atoms with Gasteiger partial charge in [0.2, 0.25) is 5.91 Å². The number of aromatic nitrogens is 1. The van der Waals surface area contributed by atoms with Gasteiger partial charge in [-0.1, -0.05) is 31.2 Å². The number of pyridine rings is 1. The molecule has 3 atom stereocenters. The average Bonchev–Trinajstić information content (AvgIpc) is 3.41. The quantitative estimate of drug-likeness (QED) is 0.494. The van der Waals surface area contributed by atoms with Gasteiger partial charge in [-0.2, -0.15) is 0 Å². The molecule has 2 aromatic heterocycles. The number of hydrogen-bond acceptors (Lipinski definition) is 6. The zero-order valence-corrected chi connectivity index (χ0v) is 22.1. The Morgan fingerprint density at radius 2 is 1.79 bits per heavy atom. The Kier molecular flexibility index (Phi) is 6.28. The molecular weight excluding hydrogens is 500 g/mol. The molecule has 1 N–H and O–H groups in total. The predicted octanol–water partition coefficient (Wildman–Crippen LogP) is 3.40. The summed E-state index contributed by atoms with van der Waals surface area (Å²) in [4.78, 5) is 57.7. The van der Waals surface area contributed by atoms with Crippen LogP contribution in [0.5, 0.6) is 0 Å². The summed E-state index contributed by atoms with van der Waals surface area (Å²) < 4.78 is 1.87. The molecule has 2 fully saturated rings. The predicted molar refractivity (Wildman–Crippen MR) is 145 cm³/mol. The first-order valence-electron chi connectivity index (χ1n) is 13.1. The molecule has 5 heterocycles. The molecule has 4 amide bonds. The maximum Gasteiger partial charge on any atom is 0.335 e. The fourth-order valence-electron chi connectivity index (χ4n) is 6.36. The highest BCUT2D eigenvalue weighted by atomic mass is 32.1. The van der Waals surface area contributed by atoms with Gasteiger partial charge < -0.3 is 9.47 Å². The minimum atomic E-state index is -1.45. The number of hydrogen-bond donors (Lipinski definition) is 1. The molecule has 1 aromatic carbocycles.